The van der Waals surface area contributed by atoms with Gasteiger partial charge in [0.2, 0.25) is 0 Å². The Kier molecular flexibility index (Phi) is 11.2. The van der Waals surface area contributed by atoms with Crippen molar-refractivity contribution in [3.63, 3.8) is 0 Å². The molecule has 0 heterocycles. The molecule has 1 radical (unpaired) electrons. The van der Waals surface area contributed by atoms with Crippen LogP contribution in [0.5, 0.6) is 0 Å². The Labute approximate surface area is 81.8 Å². The first-order valence-electron chi connectivity index (χ1n) is 4.96. The third-order valence-corrected chi connectivity index (χ3v) is 2.75. The van der Waals surface area contributed by atoms with Gasteiger partial charge in [0.15, 0.2) is 0 Å². The maximum Gasteiger partial charge on any atom is 0.0163 e. The summed E-state index contributed by atoms with van der Waals surface area (Å²) >= 11 is 1.97. The van der Waals surface area contributed by atoms with Crippen molar-refractivity contribution >= 4 is 11.8 Å². The highest BCUT2D eigenvalue weighted by molar-refractivity contribution is 8.01. The first-order valence-corrected chi connectivity index (χ1v) is 6.01. The smallest absolute Gasteiger partial charge is 0.0163 e. The molecule has 1 heteroatoms. The number of hydrogen-bond donors (Lipinski definition) is 0. The average molecular weight is 185 g/mol. The molecule has 0 spiro atoms. The lowest BCUT2D eigenvalue weighted by atomic mass is 10.2. The maximum atomic E-state index is 2.30. The van der Waals surface area contributed by atoms with E-state index in [1.54, 1.807) is 0 Å². The minimum atomic E-state index is 1.20. The van der Waals surface area contributed by atoms with Crippen molar-refractivity contribution in [2.75, 3.05) is 5.75 Å². The van der Waals surface area contributed by atoms with Crippen LogP contribution in [0.25, 0.3) is 0 Å². The molecule has 0 aliphatic carbocycles. The molecule has 0 saturated carbocycles. The average Bonchev–Trinajstić information content (AvgIpc) is 2.10. The predicted octanol–water partition coefficient (Wildman–Crippen LogP) is 4.43. The number of allylic oxidation sites excluding steroid dienone is 2. The van der Waals surface area contributed by atoms with Gasteiger partial charge in [-0.2, -0.15) is 11.8 Å². The zero-order chi connectivity index (χ0) is 9.07. The predicted molar refractivity (Wildman–Crippen MR) is 60.3 cm³/mol. The topological polar surface area (TPSA) is 0 Å². The molecule has 0 aliphatic heterocycles. The molecule has 0 unspecified atom stereocenters. The van der Waals surface area contributed by atoms with Gasteiger partial charge in [0.25, 0.3) is 0 Å². The molecule has 0 N–H and O–H groups in total. The Morgan fingerprint density at radius 1 is 1.17 bits per heavy atom. The summed E-state index contributed by atoms with van der Waals surface area (Å²) in [4.78, 5) is 0. The fourth-order valence-corrected chi connectivity index (χ4v) is 1.77. The van der Waals surface area contributed by atoms with Crippen LogP contribution in [0.3, 0.4) is 0 Å². The van der Waals surface area contributed by atoms with Crippen molar-refractivity contribution in [1.29, 1.82) is 0 Å². The summed E-state index contributed by atoms with van der Waals surface area (Å²) < 4.78 is 0. The van der Waals surface area contributed by atoms with Gasteiger partial charge in [-0.25, -0.2) is 0 Å². The molecule has 0 aliphatic rings. The first kappa shape index (κ1) is 12.1. The third-order valence-electron chi connectivity index (χ3n) is 1.65. The van der Waals surface area contributed by atoms with Crippen LogP contribution >= 0.6 is 11.8 Å². The number of unbranched alkanes of at least 4 members (excludes halogenated alkanes) is 3. The number of hydrogen-bond acceptors (Lipinski definition) is 1. The normalized spacial score (nSPS) is 11.2. The molecule has 12 heavy (non-hydrogen) atoms. The van der Waals surface area contributed by atoms with Gasteiger partial charge in [0.05, 0.1) is 0 Å². The van der Waals surface area contributed by atoms with Gasteiger partial charge in [0, 0.05) is 5.75 Å². The van der Waals surface area contributed by atoms with Crippen molar-refractivity contribution in [2.45, 2.75) is 46.0 Å². The minimum Gasteiger partial charge on any atom is -0.157 e. The quantitative estimate of drug-likeness (QED) is 0.398. The van der Waals surface area contributed by atoms with Gasteiger partial charge in [-0.1, -0.05) is 25.5 Å². The highest BCUT2D eigenvalue weighted by atomic mass is 32.2. The highest BCUT2D eigenvalue weighted by Crippen LogP contribution is 2.12. The summed E-state index contributed by atoms with van der Waals surface area (Å²) in [5.41, 5.74) is 0. The molecular weight excluding hydrogens is 164 g/mol. The van der Waals surface area contributed by atoms with E-state index in [0.717, 1.165) is 0 Å². The first-order chi connectivity index (χ1) is 5.91. The molecule has 0 nitrogen and oxygen atoms in total. The largest absolute Gasteiger partial charge is 0.157 e. The molecule has 0 atom stereocenters. The van der Waals surface area contributed by atoms with Crippen molar-refractivity contribution < 1.29 is 0 Å². The Hall–Kier alpha value is 0.0900. The standard InChI is InChI=1S/C11H21S/c1-3-5-6-7-8-9-11-12-10-4-2/h3,5,10H,4,6-9,11H2,1-2H3/b5-3+. The van der Waals surface area contributed by atoms with Crippen LogP contribution in [0.4, 0.5) is 0 Å². The van der Waals surface area contributed by atoms with Gasteiger partial charge in [-0.3, -0.25) is 0 Å². The van der Waals surface area contributed by atoms with Crippen molar-refractivity contribution in [1.82, 2.24) is 0 Å². The summed E-state index contributed by atoms with van der Waals surface area (Å²) in [5.74, 6) is 3.61. The van der Waals surface area contributed by atoms with Crippen molar-refractivity contribution in [3.8, 4) is 0 Å². The van der Waals surface area contributed by atoms with E-state index in [4.69, 9.17) is 0 Å². The van der Waals surface area contributed by atoms with Gasteiger partial charge in [0.1, 0.15) is 0 Å². The molecular formula is C11H21S. The van der Waals surface area contributed by atoms with Crippen LogP contribution in [-0.2, 0) is 0 Å². The lowest BCUT2D eigenvalue weighted by Gasteiger charge is -1.98. The van der Waals surface area contributed by atoms with Crippen LogP contribution in [-0.4, -0.2) is 5.75 Å². The van der Waals surface area contributed by atoms with E-state index in [-0.39, 0.29) is 0 Å². The van der Waals surface area contributed by atoms with Gasteiger partial charge >= 0.3 is 0 Å². The van der Waals surface area contributed by atoms with Crippen molar-refractivity contribution in [2.24, 2.45) is 0 Å². The van der Waals surface area contributed by atoms with E-state index in [1.807, 2.05) is 11.8 Å². The maximum absolute atomic E-state index is 2.30. The lowest BCUT2D eigenvalue weighted by Crippen LogP contribution is -1.80. The SMILES string of the molecule is C/C=C/CCCCCS[CH]CC. The summed E-state index contributed by atoms with van der Waals surface area (Å²) in [5, 5.41) is 0. The van der Waals surface area contributed by atoms with Gasteiger partial charge < -0.3 is 0 Å². The summed E-state index contributed by atoms with van der Waals surface area (Å²) in [7, 11) is 0. The number of thioether (sulfide) groups is 1. The molecule has 0 aromatic carbocycles. The lowest BCUT2D eigenvalue weighted by molar-refractivity contribution is 0.734. The fourth-order valence-electron chi connectivity index (χ4n) is 0.992. The molecule has 0 saturated heterocycles. The van der Waals surface area contributed by atoms with E-state index in [0.29, 0.717) is 0 Å². The van der Waals surface area contributed by atoms with E-state index < -0.39 is 0 Å². The summed E-state index contributed by atoms with van der Waals surface area (Å²) in [6.07, 6.45) is 11.0. The van der Waals surface area contributed by atoms with Crippen molar-refractivity contribution in [3.05, 3.63) is 17.9 Å². The second-order valence-corrected chi connectivity index (χ2v) is 3.94. The van der Waals surface area contributed by atoms with E-state index in [1.165, 1.54) is 37.9 Å². The molecule has 0 fully saturated rings. The zero-order valence-corrected chi connectivity index (χ0v) is 9.20. The second-order valence-electron chi connectivity index (χ2n) is 2.86. The fraction of sp³-hybridized carbons (Fsp3) is 0.727. The summed E-state index contributed by atoms with van der Waals surface area (Å²) in [6.45, 7) is 4.28. The molecule has 0 aromatic heterocycles. The van der Waals surface area contributed by atoms with Crippen LogP contribution in [0.1, 0.15) is 46.0 Å². The second kappa shape index (κ2) is 11.1. The Morgan fingerprint density at radius 3 is 2.67 bits per heavy atom. The molecule has 71 valence electrons. The van der Waals surface area contributed by atoms with E-state index >= 15 is 0 Å². The van der Waals surface area contributed by atoms with Gasteiger partial charge in [-0.05, 0) is 38.4 Å². The monoisotopic (exact) mass is 185 g/mol. The highest BCUT2D eigenvalue weighted by Gasteiger charge is 1.88. The molecule has 0 bridgehead atoms. The summed E-state index contributed by atoms with van der Waals surface area (Å²) in [6, 6.07) is 0. The third kappa shape index (κ3) is 10.1. The minimum absolute atomic E-state index is 1.20. The zero-order valence-electron chi connectivity index (χ0n) is 8.38. The Morgan fingerprint density at radius 2 is 2.00 bits per heavy atom. The Balaban J connectivity index is 2.81. The molecule has 0 aromatic rings. The van der Waals surface area contributed by atoms with Gasteiger partial charge in [-0.15, -0.1) is 0 Å². The van der Waals surface area contributed by atoms with Crippen LogP contribution < -0.4 is 0 Å². The molecule has 0 amide bonds. The van der Waals surface area contributed by atoms with E-state index in [9.17, 15) is 0 Å². The van der Waals surface area contributed by atoms with E-state index in [2.05, 4.69) is 31.8 Å². The van der Waals surface area contributed by atoms with Crippen LogP contribution in [0.2, 0.25) is 0 Å². The Bertz CT molecular complexity index is 97.2. The molecule has 0 rings (SSSR count). The van der Waals surface area contributed by atoms with Crippen LogP contribution in [0, 0.1) is 5.75 Å². The number of rotatable bonds is 8. The van der Waals surface area contributed by atoms with Crippen LogP contribution in [0.15, 0.2) is 12.2 Å².